The number of hydrogen-bond acceptors (Lipinski definition) is 3. The number of aromatic nitrogens is 2. The summed E-state index contributed by atoms with van der Waals surface area (Å²) in [4.78, 5) is 4.46. The zero-order valence-electron chi connectivity index (χ0n) is 11.7. The summed E-state index contributed by atoms with van der Waals surface area (Å²) in [5, 5.41) is 6.99. The molecule has 2 heterocycles. The lowest BCUT2D eigenvalue weighted by atomic mass is 9.87. The molecule has 19 heavy (non-hydrogen) atoms. The molecule has 1 aliphatic heterocycles. The summed E-state index contributed by atoms with van der Waals surface area (Å²) in [5.41, 5.74) is 3.63. The van der Waals surface area contributed by atoms with Crippen LogP contribution < -0.4 is 10.6 Å². The van der Waals surface area contributed by atoms with Crippen LogP contribution in [0.5, 0.6) is 0 Å². The lowest BCUT2D eigenvalue weighted by Gasteiger charge is -2.31. The smallest absolute Gasteiger partial charge is 0.0955 e. The van der Waals surface area contributed by atoms with Crippen molar-refractivity contribution in [3.63, 3.8) is 0 Å². The maximum absolute atomic E-state index is 4.46. The van der Waals surface area contributed by atoms with Gasteiger partial charge in [-0.2, -0.15) is 0 Å². The molecule has 4 heteroatoms. The fraction of sp³-hybridized carbons (Fsp3) is 0.533. The Morgan fingerprint density at radius 2 is 2.37 bits per heavy atom. The summed E-state index contributed by atoms with van der Waals surface area (Å²) >= 11 is 0. The third-order valence-electron chi connectivity index (χ3n) is 4.23. The maximum atomic E-state index is 4.46. The number of nitrogens with zero attached hydrogens (tertiary/aromatic N) is 2. The molecule has 2 atom stereocenters. The first-order valence-electron chi connectivity index (χ1n) is 7.08. The minimum Gasteiger partial charge on any atom is -0.334 e. The standard InChI is InChI=1S/C15H22N4/c1-16-15(12-4-3-7-17-9-12)11-5-6-14-13(8-11)18-10-19(14)2/h5-6,8,10,12,15-17H,3-4,7,9H2,1-2H3. The molecule has 2 N–H and O–H groups in total. The summed E-state index contributed by atoms with van der Waals surface area (Å²) in [6.45, 7) is 2.26. The van der Waals surface area contributed by atoms with Crippen LogP contribution in [0.2, 0.25) is 0 Å². The molecule has 0 spiro atoms. The molecular weight excluding hydrogens is 236 g/mol. The third-order valence-corrected chi connectivity index (χ3v) is 4.23. The fourth-order valence-corrected chi connectivity index (χ4v) is 3.18. The molecule has 0 aliphatic carbocycles. The zero-order chi connectivity index (χ0) is 13.2. The SMILES string of the molecule is CNC(c1ccc2c(c1)ncn2C)C1CCCNC1. The molecule has 3 rings (SSSR count). The predicted molar refractivity (Wildman–Crippen MR) is 78.1 cm³/mol. The highest BCUT2D eigenvalue weighted by atomic mass is 15.0. The van der Waals surface area contributed by atoms with Crippen LogP contribution in [0.1, 0.15) is 24.4 Å². The maximum Gasteiger partial charge on any atom is 0.0955 e. The summed E-state index contributed by atoms with van der Waals surface area (Å²) in [6, 6.07) is 7.06. The number of aryl methyl sites for hydroxylation is 1. The summed E-state index contributed by atoms with van der Waals surface area (Å²) < 4.78 is 2.07. The monoisotopic (exact) mass is 258 g/mol. The van der Waals surface area contributed by atoms with Crippen LogP contribution in [0.3, 0.4) is 0 Å². The Labute approximate surface area is 114 Å². The van der Waals surface area contributed by atoms with Gasteiger partial charge in [0.25, 0.3) is 0 Å². The Morgan fingerprint density at radius 3 is 3.11 bits per heavy atom. The van der Waals surface area contributed by atoms with Crippen LogP contribution in [0.4, 0.5) is 0 Å². The topological polar surface area (TPSA) is 41.9 Å². The number of fused-ring (bicyclic) bond motifs is 1. The van der Waals surface area contributed by atoms with Crippen LogP contribution in [-0.2, 0) is 7.05 Å². The van der Waals surface area contributed by atoms with Gasteiger partial charge in [-0.25, -0.2) is 4.98 Å². The first kappa shape index (κ1) is 12.6. The fourth-order valence-electron chi connectivity index (χ4n) is 3.18. The lowest BCUT2D eigenvalue weighted by molar-refractivity contribution is 0.298. The first-order valence-corrected chi connectivity index (χ1v) is 7.08. The number of benzene rings is 1. The molecule has 2 unspecified atom stereocenters. The molecule has 2 aromatic rings. The van der Waals surface area contributed by atoms with E-state index in [-0.39, 0.29) is 0 Å². The third kappa shape index (κ3) is 2.38. The van der Waals surface area contributed by atoms with Gasteiger partial charge in [0, 0.05) is 13.1 Å². The number of imidazole rings is 1. The number of hydrogen-bond donors (Lipinski definition) is 2. The number of rotatable bonds is 3. The Bertz CT molecular complexity index is 554. The van der Waals surface area contributed by atoms with Crippen molar-refractivity contribution in [1.29, 1.82) is 0 Å². The largest absolute Gasteiger partial charge is 0.334 e. The molecule has 1 aromatic carbocycles. The zero-order valence-corrected chi connectivity index (χ0v) is 11.7. The van der Waals surface area contributed by atoms with Crippen molar-refractivity contribution in [2.75, 3.05) is 20.1 Å². The molecule has 0 saturated carbocycles. The average molecular weight is 258 g/mol. The summed E-state index contributed by atoms with van der Waals surface area (Å²) in [5.74, 6) is 0.667. The van der Waals surface area contributed by atoms with Crippen LogP contribution in [0, 0.1) is 5.92 Å². The summed E-state index contributed by atoms with van der Waals surface area (Å²) in [7, 11) is 4.09. The van der Waals surface area contributed by atoms with E-state index in [1.807, 2.05) is 13.4 Å². The van der Waals surface area contributed by atoms with Gasteiger partial charge in [-0.3, -0.25) is 0 Å². The Balaban J connectivity index is 1.91. The molecule has 0 radical (unpaired) electrons. The second kappa shape index (κ2) is 5.31. The minimum atomic E-state index is 0.416. The van der Waals surface area contributed by atoms with Crippen LogP contribution in [0.25, 0.3) is 11.0 Å². The van der Waals surface area contributed by atoms with E-state index in [0.717, 1.165) is 18.6 Å². The summed E-state index contributed by atoms with van der Waals surface area (Å²) in [6.07, 6.45) is 4.44. The van der Waals surface area contributed by atoms with E-state index in [1.54, 1.807) is 0 Å². The van der Waals surface area contributed by atoms with Crippen molar-refractivity contribution >= 4 is 11.0 Å². The molecule has 1 aliphatic rings. The molecule has 1 aromatic heterocycles. The molecule has 102 valence electrons. The van der Waals surface area contributed by atoms with E-state index in [9.17, 15) is 0 Å². The highest BCUT2D eigenvalue weighted by Gasteiger charge is 2.23. The van der Waals surface area contributed by atoms with Crippen molar-refractivity contribution in [3.05, 3.63) is 30.1 Å². The second-order valence-corrected chi connectivity index (χ2v) is 5.48. The van der Waals surface area contributed by atoms with Gasteiger partial charge in [0.1, 0.15) is 0 Å². The van der Waals surface area contributed by atoms with Gasteiger partial charge < -0.3 is 15.2 Å². The van der Waals surface area contributed by atoms with E-state index < -0.39 is 0 Å². The van der Waals surface area contributed by atoms with Gasteiger partial charge in [0.15, 0.2) is 0 Å². The van der Waals surface area contributed by atoms with Gasteiger partial charge in [0.05, 0.1) is 17.4 Å². The molecule has 4 nitrogen and oxygen atoms in total. The molecule has 0 amide bonds. The molecule has 1 fully saturated rings. The Kier molecular flexibility index (Phi) is 3.53. The van der Waals surface area contributed by atoms with E-state index in [1.165, 1.54) is 23.9 Å². The lowest BCUT2D eigenvalue weighted by Crippen LogP contribution is -2.37. The predicted octanol–water partition coefficient (Wildman–Crippen LogP) is 1.83. The highest BCUT2D eigenvalue weighted by molar-refractivity contribution is 5.76. The quantitative estimate of drug-likeness (QED) is 0.882. The van der Waals surface area contributed by atoms with E-state index in [4.69, 9.17) is 0 Å². The minimum absolute atomic E-state index is 0.416. The van der Waals surface area contributed by atoms with Gasteiger partial charge in [0.2, 0.25) is 0 Å². The number of nitrogens with one attached hydrogen (secondary N) is 2. The van der Waals surface area contributed by atoms with Crippen molar-refractivity contribution in [2.24, 2.45) is 13.0 Å². The highest BCUT2D eigenvalue weighted by Crippen LogP contribution is 2.28. The van der Waals surface area contributed by atoms with Gasteiger partial charge in [-0.05, 0) is 56.6 Å². The van der Waals surface area contributed by atoms with E-state index in [0.29, 0.717) is 12.0 Å². The van der Waals surface area contributed by atoms with Crippen molar-refractivity contribution < 1.29 is 0 Å². The second-order valence-electron chi connectivity index (χ2n) is 5.48. The van der Waals surface area contributed by atoms with Crippen molar-refractivity contribution in [1.82, 2.24) is 20.2 Å². The van der Waals surface area contributed by atoms with Crippen LogP contribution in [-0.4, -0.2) is 29.7 Å². The molecular formula is C15H22N4. The molecule has 0 bridgehead atoms. The Morgan fingerprint density at radius 1 is 1.47 bits per heavy atom. The van der Waals surface area contributed by atoms with E-state index >= 15 is 0 Å². The van der Waals surface area contributed by atoms with Crippen LogP contribution in [0.15, 0.2) is 24.5 Å². The van der Waals surface area contributed by atoms with Crippen molar-refractivity contribution in [2.45, 2.75) is 18.9 Å². The Hall–Kier alpha value is -1.39. The van der Waals surface area contributed by atoms with Crippen molar-refractivity contribution in [3.8, 4) is 0 Å². The van der Waals surface area contributed by atoms with Gasteiger partial charge in [-0.1, -0.05) is 6.07 Å². The first-order chi connectivity index (χ1) is 9.29. The number of piperidine rings is 1. The van der Waals surface area contributed by atoms with Gasteiger partial charge in [-0.15, -0.1) is 0 Å². The van der Waals surface area contributed by atoms with Gasteiger partial charge >= 0.3 is 0 Å². The van der Waals surface area contributed by atoms with Crippen LogP contribution >= 0.6 is 0 Å². The average Bonchev–Trinajstić information content (AvgIpc) is 2.82. The molecule has 1 saturated heterocycles. The van der Waals surface area contributed by atoms with E-state index in [2.05, 4.69) is 45.4 Å². The normalized spacial score (nSPS) is 21.7.